The minimum atomic E-state index is -1.14. The molecule has 0 aromatic carbocycles. The quantitative estimate of drug-likeness (QED) is 0.0205. The number of aliphatic carboxylic acids is 1. The van der Waals surface area contributed by atoms with Gasteiger partial charge >= 0.3 is 11.9 Å². The molecule has 0 aliphatic rings. The lowest BCUT2D eigenvalue weighted by Crippen LogP contribution is -2.55. The molecule has 0 radical (unpaired) electrons. The summed E-state index contributed by atoms with van der Waals surface area (Å²) in [6.45, 7) is 4.32. The molecule has 0 N–H and O–H groups in total. The van der Waals surface area contributed by atoms with Crippen LogP contribution in [0.1, 0.15) is 136 Å². The summed E-state index contributed by atoms with van der Waals surface area (Å²) < 4.78 is 17.1. The third kappa shape index (κ3) is 35.9. The highest BCUT2D eigenvalue weighted by atomic mass is 16.6. The first kappa shape index (κ1) is 52.2. The van der Waals surface area contributed by atoms with E-state index in [2.05, 4.69) is 74.6 Å². The van der Waals surface area contributed by atoms with E-state index in [9.17, 15) is 19.5 Å². The van der Waals surface area contributed by atoms with Gasteiger partial charge in [0.25, 0.3) is 0 Å². The predicted molar refractivity (Wildman–Crippen MR) is 231 cm³/mol. The van der Waals surface area contributed by atoms with Gasteiger partial charge in [0, 0.05) is 19.3 Å². The second-order valence-corrected chi connectivity index (χ2v) is 14.9. The number of allylic oxidation sites excluding steroid dienone is 16. The lowest BCUT2D eigenvalue weighted by molar-refractivity contribution is -0.889. The topological polar surface area (TPSA) is 102 Å². The monoisotopic (exact) mass is 780 g/mol. The molecule has 0 spiro atoms. The molecule has 56 heavy (non-hydrogen) atoms. The number of nitrogens with zero attached hydrogens (tertiary/aromatic N) is 1. The number of likely N-dealkylation sites (N-methyl/N-ethyl adjacent to an activating group) is 1. The van der Waals surface area contributed by atoms with Crippen LogP contribution in [0.5, 0.6) is 0 Å². The first-order valence-electron chi connectivity index (χ1n) is 21.3. The van der Waals surface area contributed by atoms with E-state index >= 15 is 0 Å². The maximum atomic E-state index is 12.7. The van der Waals surface area contributed by atoms with Crippen LogP contribution in [0.4, 0.5) is 0 Å². The predicted octanol–water partition coefficient (Wildman–Crippen LogP) is 10.2. The maximum Gasteiger partial charge on any atom is 0.306 e. The van der Waals surface area contributed by atoms with E-state index in [1.165, 1.54) is 12.8 Å². The molecule has 0 heterocycles. The standard InChI is InChI=1S/C48H77NO7/c1-6-8-10-12-14-16-18-20-21-22-23-24-25-27-28-30-32-34-36-38-46(50)55-43-44(42-54-41-40-45(48(52)53)49(3,4)5)56-47(51)39-37-35-33-31-29-26-19-17-15-13-11-9-7-2/h8-11,13-17,19-21,23-24,26,29,44-45H,6-7,12,18,22,25,27-28,30-43H2,1-5H3/b10-8+,11-9+,15-13+,16-14+,19-17+,21-20+,24-23+,29-26+. The maximum absolute atomic E-state index is 12.7. The van der Waals surface area contributed by atoms with E-state index in [-0.39, 0.29) is 49.1 Å². The minimum Gasteiger partial charge on any atom is -0.544 e. The average molecular weight is 780 g/mol. The second kappa shape index (κ2) is 38.1. The number of quaternary nitrogens is 1. The number of unbranched alkanes of at least 4 members (excludes halogenated alkanes) is 9. The van der Waals surface area contributed by atoms with Crippen LogP contribution in [0.3, 0.4) is 0 Å². The summed E-state index contributed by atoms with van der Waals surface area (Å²) in [6, 6.07) is -0.741. The molecule has 0 aromatic heterocycles. The molecule has 8 nitrogen and oxygen atoms in total. The molecular weight excluding hydrogens is 703 g/mol. The van der Waals surface area contributed by atoms with Crippen molar-refractivity contribution < 1.29 is 38.2 Å². The highest BCUT2D eigenvalue weighted by Crippen LogP contribution is 2.12. The first-order chi connectivity index (χ1) is 27.1. The number of carbonyl (C=O) groups is 3. The molecule has 316 valence electrons. The number of hydrogen-bond acceptors (Lipinski definition) is 7. The molecule has 0 aliphatic carbocycles. The van der Waals surface area contributed by atoms with Gasteiger partial charge in [0.15, 0.2) is 6.10 Å². The van der Waals surface area contributed by atoms with Crippen molar-refractivity contribution in [2.24, 2.45) is 0 Å². The molecule has 0 fully saturated rings. The smallest absolute Gasteiger partial charge is 0.306 e. The van der Waals surface area contributed by atoms with Crippen molar-refractivity contribution in [1.29, 1.82) is 0 Å². The normalized spacial score (nSPS) is 13.9. The zero-order valence-electron chi connectivity index (χ0n) is 35.8. The number of hydrogen-bond donors (Lipinski definition) is 0. The van der Waals surface area contributed by atoms with Crippen molar-refractivity contribution in [2.45, 2.75) is 148 Å². The van der Waals surface area contributed by atoms with Crippen LogP contribution in [-0.2, 0) is 28.6 Å². The van der Waals surface area contributed by atoms with E-state index in [1.54, 1.807) is 21.1 Å². The van der Waals surface area contributed by atoms with Gasteiger partial charge in [-0.1, -0.05) is 143 Å². The fraction of sp³-hybridized carbons (Fsp3) is 0.604. The fourth-order valence-electron chi connectivity index (χ4n) is 5.54. The van der Waals surface area contributed by atoms with Crippen LogP contribution >= 0.6 is 0 Å². The summed E-state index contributed by atoms with van der Waals surface area (Å²) in [4.78, 5) is 36.8. The molecule has 0 aliphatic heterocycles. The molecule has 0 bridgehead atoms. The van der Waals surface area contributed by atoms with E-state index in [4.69, 9.17) is 14.2 Å². The molecule has 0 aromatic rings. The summed E-state index contributed by atoms with van der Waals surface area (Å²) in [7, 11) is 5.37. The zero-order chi connectivity index (χ0) is 41.4. The largest absolute Gasteiger partial charge is 0.544 e. The van der Waals surface area contributed by atoms with E-state index in [0.717, 1.165) is 83.5 Å². The van der Waals surface area contributed by atoms with E-state index < -0.39 is 18.1 Å². The first-order valence-corrected chi connectivity index (χ1v) is 21.3. The molecule has 0 rings (SSSR count). The Morgan fingerprint density at radius 1 is 0.554 bits per heavy atom. The van der Waals surface area contributed by atoms with Gasteiger partial charge in [-0.15, -0.1) is 0 Å². The Morgan fingerprint density at radius 2 is 1.04 bits per heavy atom. The highest BCUT2D eigenvalue weighted by Gasteiger charge is 2.25. The number of carboxylic acids is 1. The molecule has 2 atom stereocenters. The summed E-state index contributed by atoms with van der Waals surface area (Å²) in [5.41, 5.74) is 0. The molecule has 0 amide bonds. The van der Waals surface area contributed by atoms with Crippen LogP contribution in [0.25, 0.3) is 0 Å². The third-order valence-electron chi connectivity index (χ3n) is 8.81. The van der Waals surface area contributed by atoms with Gasteiger partial charge in [-0.25, -0.2) is 0 Å². The Balaban J connectivity index is 4.43. The van der Waals surface area contributed by atoms with E-state index in [1.807, 2.05) is 36.5 Å². The van der Waals surface area contributed by atoms with Gasteiger partial charge in [0.1, 0.15) is 12.6 Å². The summed E-state index contributed by atoms with van der Waals surface area (Å²) in [6.07, 6.45) is 50.1. The van der Waals surface area contributed by atoms with Gasteiger partial charge in [-0.05, 0) is 70.6 Å². The molecule has 0 saturated carbocycles. The molecule has 8 heteroatoms. The van der Waals surface area contributed by atoms with Crippen LogP contribution in [-0.4, -0.2) is 75.5 Å². The Morgan fingerprint density at radius 3 is 1.62 bits per heavy atom. The lowest BCUT2D eigenvalue weighted by atomic mass is 10.1. The van der Waals surface area contributed by atoms with Crippen molar-refractivity contribution in [3.63, 3.8) is 0 Å². The van der Waals surface area contributed by atoms with Crippen molar-refractivity contribution in [3.8, 4) is 0 Å². The number of rotatable bonds is 36. The minimum absolute atomic E-state index is 0.0131. The average Bonchev–Trinajstić information content (AvgIpc) is 3.15. The Kier molecular flexibility index (Phi) is 35.6. The van der Waals surface area contributed by atoms with Crippen LogP contribution < -0.4 is 5.11 Å². The molecular formula is C48H77NO7. The van der Waals surface area contributed by atoms with Crippen molar-refractivity contribution in [3.05, 3.63) is 97.2 Å². The van der Waals surface area contributed by atoms with Gasteiger partial charge < -0.3 is 28.6 Å². The van der Waals surface area contributed by atoms with Crippen LogP contribution in [0.2, 0.25) is 0 Å². The van der Waals surface area contributed by atoms with Gasteiger partial charge in [0.05, 0.1) is 40.3 Å². The molecule has 2 unspecified atom stereocenters. The summed E-state index contributed by atoms with van der Waals surface area (Å²) in [5, 5.41) is 11.6. The third-order valence-corrected chi connectivity index (χ3v) is 8.81. The van der Waals surface area contributed by atoms with E-state index in [0.29, 0.717) is 12.8 Å². The van der Waals surface area contributed by atoms with Gasteiger partial charge in [0.2, 0.25) is 0 Å². The van der Waals surface area contributed by atoms with Crippen molar-refractivity contribution in [2.75, 3.05) is 41.0 Å². The number of carbonyl (C=O) groups excluding carboxylic acids is 3. The summed E-state index contributed by atoms with van der Waals surface area (Å²) in [5.74, 6) is -1.82. The molecule has 0 saturated heterocycles. The Bertz CT molecular complexity index is 1230. The second-order valence-electron chi connectivity index (χ2n) is 14.9. The number of carboxylic acid groups (broad SMARTS) is 1. The van der Waals surface area contributed by atoms with Crippen molar-refractivity contribution in [1.82, 2.24) is 0 Å². The SMILES string of the molecule is CC/C=C/C=C/C=C/C=C/CCCCCC(=O)OC(COCCC(C(=O)[O-])[N+](C)(C)C)COC(=O)CCCCCCCC/C=C/C/C=C/C/C=C/C/C=C/CC. The van der Waals surface area contributed by atoms with Crippen LogP contribution in [0, 0.1) is 0 Å². The van der Waals surface area contributed by atoms with Crippen molar-refractivity contribution >= 4 is 17.9 Å². The zero-order valence-corrected chi connectivity index (χ0v) is 35.8. The number of esters is 2. The van der Waals surface area contributed by atoms with Gasteiger partial charge in [-0.3, -0.25) is 9.59 Å². The summed E-state index contributed by atoms with van der Waals surface area (Å²) >= 11 is 0. The Hall–Kier alpha value is -3.75. The van der Waals surface area contributed by atoms with Gasteiger partial charge in [-0.2, -0.15) is 0 Å². The fourth-order valence-corrected chi connectivity index (χ4v) is 5.54. The Labute approximate surface area is 341 Å². The highest BCUT2D eigenvalue weighted by molar-refractivity contribution is 5.70. The number of ether oxygens (including phenoxy) is 3. The van der Waals surface area contributed by atoms with Crippen LogP contribution in [0.15, 0.2) is 97.2 Å². The lowest BCUT2D eigenvalue weighted by Gasteiger charge is -2.34.